The summed E-state index contributed by atoms with van der Waals surface area (Å²) >= 11 is 3.42. The van der Waals surface area contributed by atoms with Gasteiger partial charge in [0.2, 0.25) is 5.82 Å². The summed E-state index contributed by atoms with van der Waals surface area (Å²) in [6.07, 6.45) is 0. The van der Waals surface area contributed by atoms with E-state index in [1.165, 1.54) is 0 Å². The summed E-state index contributed by atoms with van der Waals surface area (Å²) in [4.78, 5) is 4.32. The van der Waals surface area contributed by atoms with Crippen LogP contribution in [-0.2, 0) is 6.61 Å². The van der Waals surface area contributed by atoms with E-state index < -0.39 is 0 Å². The van der Waals surface area contributed by atoms with Crippen molar-refractivity contribution in [2.45, 2.75) is 6.61 Å². The highest BCUT2D eigenvalue weighted by Gasteiger charge is 2.09. The van der Waals surface area contributed by atoms with Gasteiger partial charge in [-0.25, -0.2) is 0 Å². The molecule has 0 amide bonds. The van der Waals surface area contributed by atoms with Gasteiger partial charge in [0.25, 0.3) is 5.89 Å². The third-order valence-electron chi connectivity index (χ3n) is 2.95. The summed E-state index contributed by atoms with van der Waals surface area (Å²) in [5.41, 5.74) is 0.880. The van der Waals surface area contributed by atoms with Gasteiger partial charge in [-0.15, -0.1) is 0 Å². The number of rotatable bonds is 5. The summed E-state index contributed by atoms with van der Waals surface area (Å²) in [5, 5.41) is 3.96. The number of benzene rings is 2. The molecule has 0 aliphatic rings. The molecule has 0 saturated heterocycles. The predicted octanol–water partition coefficient (Wildman–Crippen LogP) is 4.09. The van der Waals surface area contributed by atoms with Gasteiger partial charge >= 0.3 is 0 Å². The number of methoxy groups -OCH3 is 1. The molecule has 0 aliphatic carbocycles. The third kappa shape index (κ3) is 3.46. The summed E-state index contributed by atoms with van der Waals surface area (Å²) < 4.78 is 16.9. The fourth-order valence-electron chi connectivity index (χ4n) is 1.89. The normalized spacial score (nSPS) is 10.5. The van der Waals surface area contributed by atoms with Gasteiger partial charge in [0.05, 0.1) is 7.11 Å². The van der Waals surface area contributed by atoms with Crippen LogP contribution in [0.15, 0.2) is 57.5 Å². The second kappa shape index (κ2) is 6.62. The van der Waals surface area contributed by atoms with Crippen LogP contribution in [0.4, 0.5) is 0 Å². The fourth-order valence-corrected chi connectivity index (χ4v) is 2.29. The second-order valence-corrected chi connectivity index (χ2v) is 5.41. The largest absolute Gasteiger partial charge is 0.497 e. The first-order valence-corrected chi connectivity index (χ1v) is 7.39. The summed E-state index contributed by atoms with van der Waals surface area (Å²) in [7, 11) is 1.61. The maximum absolute atomic E-state index is 5.62. The van der Waals surface area contributed by atoms with Crippen LogP contribution in [0.5, 0.6) is 11.5 Å². The number of ether oxygens (including phenoxy) is 2. The Balaban J connectivity index is 1.69. The van der Waals surface area contributed by atoms with E-state index in [4.69, 9.17) is 14.0 Å². The van der Waals surface area contributed by atoms with Gasteiger partial charge in [-0.05, 0) is 24.3 Å². The van der Waals surface area contributed by atoms with Gasteiger partial charge in [-0.3, -0.25) is 0 Å². The quantitative estimate of drug-likeness (QED) is 0.685. The lowest BCUT2D eigenvalue weighted by Gasteiger charge is -2.04. The van der Waals surface area contributed by atoms with Gasteiger partial charge in [0.15, 0.2) is 6.61 Å². The van der Waals surface area contributed by atoms with Crippen LogP contribution in [0, 0.1) is 0 Å². The lowest BCUT2D eigenvalue weighted by molar-refractivity contribution is 0.242. The zero-order valence-electron chi connectivity index (χ0n) is 11.8. The Bertz CT molecular complexity index is 773. The molecule has 0 aliphatic heterocycles. The Labute approximate surface area is 136 Å². The molecular weight excluding hydrogens is 348 g/mol. The summed E-state index contributed by atoms with van der Waals surface area (Å²) in [5.74, 6) is 2.36. The van der Waals surface area contributed by atoms with E-state index in [1.54, 1.807) is 13.2 Å². The molecule has 6 heteroatoms. The monoisotopic (exact) mass is 360 g/mol. The molecule has 0 saturated carbocycles. The third-order valence-corrected chi connectivity index (χ3v) is 3.45. The number of hydrogen-bond acceptors (Lipinski definition) is 5. The number of halogens is 1. The first-order valence-electron chi connectivity index (χ1n) is 6.60. The topological polar surface area (TPSA) is 57.4 Å². The molecule has 5 nitrogen and oxygen atoms in total. The summed E-state index contributed by atoms with van der Waals surface area (Å²) in [6, 6.07) is 15.1. The van der Waals surface area contributed by atoms with E-state index in [1.807, 2.05) is 42.5 Å². The van der Waals surface area contributed by atoms with Crippen LogP contribution in [0.3, 0.4) is 0 Å². The maximum Gasteiger partial charge on any atom is 0.264 e. The van der Waals surface area contributed by atoms with Crippen LogP contribution in [0.2, 0.25) is 0 Å². The van der Waals surface area contributed by atoms with Crippen LogP contribution in [-0.4, -0.2) is 17.3 Å². The molecule has 1 heterocycles. The molecule has 3 aromatic rings. The Hall–Kier alpha value is -2.34. The van der Waals surface area contributed by atoms with Crippen molar-refractivity contribution in [3.63, 3.8) is 0 Å². The van der Waals surface area contributed by atoms with E-state index in [-0.39, 0.29) is 6.61 Å². The lowest BCUT2D eigenvalue weighted by Crippen LogP contribution is -1.96. The fraction of sp³-hybridized carbons (Fsp3) is 0.125. The molecule has 0 fully saturated rings. The van der Waals surface area contributed by atoms with Crippen LogP contribution < -0.4 is 9.47 Å². The summed E-state index contributed by atoms with van der Waals surface area (Å²) in [6.45, 7) is 0.203. The highest BCUT2D eigenvalue weighted by atomic mass is 79.9. The molecule has 3 rings (SSSR count). The molecule has 0 spiro atoms. The van der Waals surface area contributed by atoms with Crippen molar-refractivity contribution in [2.75, 3.05) is 7.11 Å². The Kier molecular flexibility index (Phi) is 4.39. The Morgan fingerprint density at radius 2 is 1.91 bits per heavy atom. The minimum Gasteiger partial charge on any atom is -0.497 e. The van der Waals surface area contributed by atoms with E-state index in [9.17, 15) is 0 Å². The first kappa shape index (κ1) is 14.6. The van der Waals surface area contributed by atoms with E-state index in [2.05, 4.69) is 26.1 Å². The minimum absolute atomic E-state index is 0.203. The average molecular weight is 361 g/mol. The molecular formula is C16H13BrN2O3. The van der Waals surface area contributed by atoms with Crippen LogP contribution in [0.25, 0.3) is 11.4 Å². The van der Waals surface area contributed by atoms with E-state index in [0.717, 1.165) is 15.8 Å². The number of nitrogens with zero attached hydrogens (tertiary/aromatic N) is 2. The molecule has 2 aromatic carbocycles. The van der Waals surface area contributed by atoms with E-state index >= 15 is 0 Å². The van der Waals surface area contributed by atoms with Crippen molar-refractivity contribution in [3.05, 3.63) is 58.9 Å². The SMILES string of the molecule is COc1cccc(OCc2nc(-c3cccc(Br)c3)no2)c1. The zero-order valence-corrected chi connectivity index (χ0v) is 13.4. The van der Waals surface area contributed by atoms with Gasteiger partial charge in [0.1, 0.15) is 11.5 Å². The maximum atomic E-state index is 5.62. The standard InChI is InChI=1S/C16H13BrN2O3/c1-20-13-6-3-7-14(9-13)21-10-15-18-16(19-22-15)11-4-2-5-12(17)8-11/h2-9H,10H2,1H3. The number of hydrogen-bond donors (Lipinski definition) is 0. The van der Waals surface area contributed by atoms with Gasteiger partial charge < -0.3 is 14.0 Å². The van der Waals surface area contributed by atoms with Crippen LogP contribution >= 0.6 is 15.9 Å². The smallest absolute Gasteiger partial charge is 0.264 e. The number of aromatic nitrogens is 2. The minimum atomic E-state index is 0.203. The molecule has 1 aromatic heterocycles. The van der Waals surface area contributed by atoms with Crippen molar-refractivity contribution in [1.29, 1.82) is 0 Å². The molecule has 0 radical (unpaired) electrons. The molecule has 22 heavy (non-hydrogen) atoms. The van der Waals surface area contributed by atoms with Crippen molar-refractivity contribution >= 4 is 15.9 Å². The predicted molar refractivity (Wildman–Crippen MR) is 84.8 cm³/mol. The van der Waals surface area contributed by atoms with Crippen molar-refractivity contribution in [1.82, 2.24) is 10.1 Å². The lowest BCUT2D eigenvalue weighted by atomic mass is 10.2. The van der Waals surface area contributed by atoms with E-state index in [0.29, 0.717) is 17.5 Å². The Morgan fingerprint density at radius 1 is 1.09 bits per heavy atom. The first-order chi connectivity index (χ1) is 10.7. The van der Waals surface area contributed by atoms with Gasteiger partial charge in [-0.2, -0.15) is 4.98 Å². The van der Waals surface area contributed by atoms with Crippen molar-refractivity contribution in [2.24, 2.45) is 0 Å². The average Bonchev–Trinajstić information content (AvgIpc) is 3.02. The molecule has 0 N–H and O–H groups in total. The highest BCUT2D eigenvalue weighted by molar-refractivity contribution is 9.10. The van der Waals surface area contributed by atoms with Crippen LogP contribution in [0.1, 0.15) is 5.89 Å². The molecule has 0 unspecified atom stereocenters. The highest BCUT2D eigenvalue weighted by Crippen LogP contribution is 2.22. The molecule has 0 atom stereocenters. The zero-order chi connectivity index (χ0) is 15.4. The van der Waals surface area contributed by atoms with Gasteiger partial charge in [-0.1, -0.05) is 39.3 Å². The second-order valence-electron chi connectivity index (χ2n) is 4.49. The van der Waals surface area contributed by atoms with Gasteiger partial charge in [0, 0.05) is 16.1 Å². The van der Waals surface area contributed by atoms with Crippen molar-refractivity contribution < 1.29 is 14.0 Å². The molecule has 112 valence electrons. The molecule has 0 bridgehead atoms. The van der Waals surface area contributed by atoms with Crippen molar-refractivity contribution in [3.8, 4) is 22.9 Å². The Morgan fingerprint density at radius 3 is 2.73 bits per heavy atom.